The maximum absolute atomic E-state index is 11.7. The molecular formula is C25H45NO8S. The number of esters is 1. The van der Waals surface area contributed by atoms with Crippen LogP contribution < -0.4 is 0 Å². The lowest BCUT2D eigenvalue weighted by Gasteiger charge is -2.35. The number of aryl methyl sites for hydroxylation is 1. The van der Waals surface area contributed by atoms with Crippen LogP contribution in [0, 0.1) is 0 Å². The molecule has 0 aliphatic heterocycles. The summed E-state index contributed by atoms with van der Waals surface area (Å²) in [6.07, 6.45) is 3.34. The Labute approximate surface area is 212 Å². The van der Waals surface area contributed by atoms with Gasteiger partial charge in [-0.25, -0.2) is 8.42 Å². The van der Waals surface area contributed by atoms with E-state index in [1.165, 1.54) is 12.5 Å². The third-order valence-corrected chi connectivity index (χ3v) is 6.31. The number of carbonyl (C=O) groups excluding carboxylic acids is 1. The summed E-state index contributed by atoms with van der Waals surface area (Å²) in [5.74, 6) is -0.138. The maximum Gasteiger partial charge on any atom is 0.305 e. The average molecular weight is 520 g/mol. The van der Waals surface area contributed by atoms with Gasteiger partial charge in [-0.05, 0) is 52.5 Å². The minimum absolute atomic E-state index is 0.0914. The van der Waals surface area contributed by atoms with Gasteiger partial charge in [0, 0.05) is 6.42 Å². The van der Waals surface area contributed by atoms with Gasteiger partial charge in [0.1, 0.15) is 13.2 Å². The topological polar surface area (TPSA) is 111 Å². The molecule has 0 radical (unpaired) electrons. The number of ether oxygens (including phenoxy) is 3. The van der Waals surface area contributed by atoms with Crippen LogP contribution in [0.4, 0.5) is 0 Å². The molecule has 204 valence electrons. The lowest BCUT2D eigenvalue weighted by Crippen LogP contribution is -2.49. The lowest BCUT2D eigenvalue weighted by atomic mass is 10.1. The third-order valence-electron chi connectivity index (χ3n) is 5.79. The van der Waals surface area contributed by atoms with Crippen molar-refractivity contribution >= 4 is 16.4 Å². The molecule has 0 aliphatic carbocycles. The summed E-state index contributed by atoms with van der Waals surface area (Å²) < 4.78 is 49.5. The maximum atomic E-state index is 11.7. The van der Waals surface area contributed by atoms with E-state index in [1.807, 2.05) is 18.2 Å². The van der Waals surface area contributed by atoms with Crippen molar-refractivity contribution in [3.8, 4) is 0 Å². The Bertz CT molecular complexity index is 731. The second-order valence-electron chi connectivity index (χ2n) is 7.97. The molecular weight excluding hydrogens is 474 g/mol. The standard InChI is InChI=1S/C23H40NO4.C2H6O4S/c1-4-24(5-2,6-3)16-17-26-18-19-27-20-21-28-23(25)15-11-10-14-22-12-8-7-9-13-22;1-2-6-7(3,4)5/h7-9,12-13H,4-6,10-11,14-21H2,1-3H3;2H2,1H3,(H,3,4,5)/q+1;/p-1. The second-order valence-corrected chi connectivity index (χ2v) is 9.02. The Morgan fingerprint density at radius 3 is 1.94 bits per heavy atom. The molecule has 1 aromatic carbocycles. The molecule has 10 heteroatoms. The number of hydrogen-bond acceptors (Lipinski definition) is 8. The van der Waals surface area contributed by atoms with Crippen molar-refractivity contribution in [3.05, 3.63) is 35.9 Å². The zero-order chi connectivity index (χ0) is 26.4. The number of hydrogen-bond donors (Lipinski definition) is 0. The van der Waals surface area contributed by atoms with E-state index >= 15 is 0 Å². The molecule has 0 N–H and O–H groups in total. The quantitative estimate of drug-likeness (QED) is 0.0900. The van der Waals surface area contributed by atoms with Crippen LogP contribution in [-0.2, 0) is 40.0 Å². The van der Waals surface area contributed by atoms with Crippen LogP contribution >= 0.6 is 0 Å². The molecule has 0 fully saturated rings. The van der Waals surface area contributed by atoms with Crippen molar-refractivity contribution in [1.82, 2.24) is 0 Å². The van der Waals surface area contributed by atoms with Crippen LogP contribution in [0.1, 0.15) is 52.5 Å². The number of quaternary nitrogens is 1. The van der Waals surface area contributed by atoms with Gasteiger partial charge < -0.3 is 23.2 Å². The van der Waals surface area contributed by atoms with Gasteiger partial charge in [-0.3, -0.25) is 8.98 Å². The Morgan fingerprint density at radius 2 is 1.43 bits per heavy atom. The number of rotatable bonds is 19. The molecule has 0 atom stereocenters. The zero-order valence-electron chi connectivity index (χ0n) is 21.9. The summed E-state index contributed by atoms with van der Waals surface area (Å²) in [4.78, 5) is 11.7. The first-order valence-corrected chi connectivity index (χ1v) is 13.9. The van der Waals surface area contributed by atoms with E-state index in [0.717, 1.165) is 56.5 Å². The molecule has 1 aromatic rings. The second kappa shape index (κ2) is 20.6. The van der Waals surface area contributed by atoms with Crippen molar-refractivity contribution in [2.24, 2.45) is 0 Å². The summed E-state index contributed by atoms with van der Waals surface area (Å²) in [5, 5.41) is 0. The highest BCUT2D eigenvalue weighted by atomic mass is 32.3. The smallest absolute Gasteiger partial charge is 0.305 e. The summed E-state index contributed by atoms with van der Waals surface area (Å²) in [6.45, 7) is 15.2. The van der Waals surface area contributed by atoms with Crippen LogP contribution in [0.3, 0.4) is 0 Å². The van der Waals surface area contributed by atoms with Crippen LogP contribution in [0.2, 0.25) is 0 Å². The van der Waals surface area contributed by atoms with Gasteiger partial charge in [-0.1, -0.05) is 30.3 Å². The minimum Gasteiger partial charge on any atom is -0.726 e. The van der Waals surface area contributed by atoms with Gasteiger partial charge in [-0.2, -0.15) is 0 Å². The Hall–Kier alpha value is -1.56. The van der Waals surface area contributed by atoms with E-state index in [2.05, 4.69) is 37.1 Å². The molecule has 0 aromatic heterocycles. The Kier molecular flexibility index (Phi) is 19.7. The normalized spacial score (nSPS) is 11.6. The van der Waals surface area contributed by atoms with E-state index < -0.39 is 10.4 Å². The Balaban J connectivity index is 0.00000143. The van der Waals surface area contributed by atoms with Crippen molar-refractivity contribution in [2.75, 3.05) is 65.8 Å². The molecule has 0 amide bonds. The monoisotopic (exact) mass is 519 g/mol. The summed E-state index contributed by atoms with van der Waals surface area (Å²) in [5.41, 5.74) is 1.32. The highest BCUT2D eigenvalue weighted by Gasteiger charge is 2.19. The molecule has 0 bridgehead atoms. The fraction of sp³-hybridized carbons (Fsp3) is 0.720. The highest BCUT2D eigenvalue weighted by molar-refractivity contribution is 7.80. The molecule has 0 unspecified atom stereocenters. The first kappa shape index (κ1) is 33.4. The number of carbonyl (C=O) groups is 1. The predicted octanol–water partition coefficient (Wildman–Crippen LogP) is 3.34. The van der Waals surface area contributed by atoms with Crippen molar-refractivity contribution < 1.29 is 40.6 Å². The number of nitrogens with zero attached hydrogens (tertiary/aromatic N) is 1. The molecule has 0 aliphatic rings. The van der Waals surface area contributed by atoms with E-state index in [1.54, 1.807) is 0 Å². The van der Waals surface area contributed by atoms with Gasteiger partial charge in [-0.15, -0.1) is 0 Å². The van der Waals surface area contributed by atoms with Gasteiger partial charge in [0.25, 0.3) is 0 Å². The highest BCUT2D eigenvalue weighted by Crippen LogP contribution is 2.07. The molecule has 9 nitrogen and oxygen atoms in total. The largest absolute Gasteiger partial charge is 0.726 e. The van der Waals surface area contributed by atoms with Gasteiger partial charge in [0.05, 0.1) is 52.7 Å². The molecule has 0 spiro atoms. The van der Waals surface area contributed by atoms with Crippen LogP contribution in [-0.4, -0.2) is 89.2 Å². The zero-order valence-corrected chi connectivity index (χ0v) is 22.7. The van der Waals surface area contributed by atoms with Crippen LogP contribution in [0.15, 0.2) is 30.3 Å². The molecule has 0 heterocycles. The van der Waals surface area contributed by atoms with Crippen molar-refractivity contribution in [1.29, 1.82) is 0 Å². The van der Waals surface area contributed by atoms with Crippen LogP contribution in [0.25, 0.3) is 0 Å². The minimum atomic E-state index is -4.42. The van der Waals surface area contributed by atoms with E-state index in [4.69, 9.17) is 14.2 Å². The SMILES string of the molecule is CCOS(=O)(=O)[O-].CC[N+](CC)(CC)CCOCCOCCOC(=O)CCCCc1ccccc1. The number of likely N-dealkylation sites (N-methyl/N-ethyl adjacent to an activating group) is 1. The van der Waals surface area contributed by atoms with Crippen LogP contribution in [0.5, 0.6) is 0 Å². The fourth-order valence-corrected chi connectivity index (χ4v) is 3.69. The Morgan fingerprint density at radius 1 is 0.857 bits per heavy atom. The van der Waals surface area contributed by atoms with Gasteiger partial charge in [0.2, 0.25) is 10.4 Å². The summed E-state index contributed by atoms with van der Waals surface area (Å²) in [7, 11) is -4.42. The predicted molar refractivity (Wildman–Crippen MR) is 135 cm³/mol. The lowest BCUT2D eigenvalue weighted by molar-refractivity contribution is -0.923. The van der Waals surface area contributed by atoms with Gasteiger partial charge in [0.15, 0.2) is 0 Å². The fourth-order valence-electron chi connectivity index (χ4n) is 3.40. The molecule has 1 rings (SSSR count). The van der Waals surface area contributed by atoms with E-state index in [0.29, 0.717) is 32.8 Å². The molecule has 0 saturated heterocycles. The third kappa shape index (κ3) is 19.3. The van der Waals surface area contributed by atoms with Crippen molar-refractivity contribution in [3.63, 3.8) is 0 Å². The summed E-state index contributed by atoms with van der Waals surface area (Å²) >= 11 is 0. The summed E-state index contributed by atoms with van der Waals surface area (Å²) in [6, 6.07) is 10.3. The molecule has 0 saturated carbocycles. The average Bonchev–Trinajstić information content (AvgIpc) is 2.84. The number of benzene rings is 1. The molecule has 35 heavy (non-hydrogen) atoms. The number of unbranched alkanes of at least 4 members (excludes halogenated alkanes) is 1. The first-order chi connectivity index (χ1) is 16.7. The van der Waals surface area contributed by atoms with Gasteiger partial charge >= 0.3 is 5.97 Å². The van der Waals surface area contributed by atoms with E-state index in [-0.39, 0.29) is 12.6 Å². The first-order valence-electron chi connectivity index (χ1n) is 12.5. The van der Waals surface area contributed by atoms with E-state index in [9.17, 15) is 17.8 Å². The van der Waals surface area contributed by atoms with Crippen molar-refractivity contribution in [2.45, 2.75) is 53.4 Å².